The first-order valence-electron chi connectivity index (χ1n) is 4.02. The number of carbonyl (C=O) groups is 1. The van der Waals surface area contributed by atoms with Gasteiger partial charge in [-0.15, -0.1) is 5.10 Å². The Balaban J connectivity index is 2.44. The highest BCUT2D eigenvalue weighted by molar-refractivity contribution is 7.08. The van der Waals surface area contributed by atoms with Crippen molar-refractivity contribution in [1.29, 1.82) is 0 Å². The third-order valence-electron chi connectivity index (χ3n) is 1.91. The molecule has 2 rings (SSSR count). The summed E-state index contributed by atoms with van der Waals surface area (Å²) in [6.07, 6.45) is 1.59. The van der Waals surface area contributed by atoms with Gasteiger partial charge < -0.3 is 0 Å². The SMILES string of the molecule is Cc1nnsc1C(=O)c1ccnn1C. The second-order valence-corrected chi connectivity index (χ2v) is 3.61. The van der Waals surface area contributed by atoms with Crippen molar-refractivity contribution in [2.24, 2.45) is 7.05 Å². The maximum atomic E-state index is 11.9. The van der Waals surface area contributed by atoms with E-state index in [1.54, 1.807) is 30.9 Å². The lowest BCUT2D eigenvalue weighted by Gasteiger charge is -1.97. The van der Waals surface area contributed by atoms with E-state index < -0.39 is 0 Å². The number of hydrogen-bond donors (Lipinski definition) is 0. The molecule has 0 saturated heterocycles. The molecule has 0 radical (unpaired) electrons. The Kier molecular flexibility index (Phi) is 2.12. The molecule has 0 aliphatic rings. The minimum Gasteiger partial charge on any atom is -0.286 e. The number of hydrogen-bond acceptors (Lipinski definition) is 5. The minimum absolute atomic E-state index is 0.0718. The first kappa shape index (κ1) is 9.01. The van der Waals surface area contributed by atoms with Crippen LogP contribution in [0.2, 0.25) is 0 Å². The van der Waals surface area contributed by atoms with Crippen molar-refractivity contribution in [1.82, 2.24) is 19.4 Å². The van der Waals surface area contributed by atoms with Crippen molar-refractivity contribution in [2.75, 3.05) is 0 Å². The minimum atomic E-state index is -0.0718. The van der Waals surface area contributed by atoms with Gasteiger partial charge in [0.2, 0.25) is 5.78 Å². The highest BCUT2D eigenvalue weighted by Gasteiger charge is 2.17. The summed E-state index contributed by atoms with van der Waals surface area (Å²) < 4.78 is 5.27. The van der Waals surface area contributed by atoms with E-state index >= 15 is 0 Å². The smallest absolute Gasteiger partial charge is 0.224 e. The van der Waals surface area contributed by atoms with Crippen LogP contribution in [0.4, 0.5) is 0 Å². The molecule has 0 aliphatic carbocycles. The van der Waals surface area contributed by atoms with E-state index in [9.17, 15) is 4.79 Å². The second-order valence-electron chi connectivity index (χ2n) is 2.86. The Morgan fingerprint density at radius 1 is 1.57 bits per heavy atom. The number of ketones is 1. The van der Waals surface area contributed by atoms with Crippen molar-refractivity contribution >= 4 is 17.3 Å². The zero-order valence-corrected chi connectivity index (χ0v) is 8.58. The maximum Gasteiger partial charge on any atom is 0.224 e. The zero-order chi connectivity index (χ0) is 10.1. The van der Waals surface area contributed by atoms with Gasteiger partial charge in [-0.25, -0.2) is 0 Å². The fourth-order valence-electron chi connectivity index (χ4n) is 1.15. The van der Waals surface area contributed by atoms with E-state index in [1.165, 1.54) is 0 Å². The Hall–Kier alpha value is -1.56. The van der Waals surface area contributed by atoms with Gasteiger partial charge in [0.15, 0.2) is 0 Å². The largest absolute Gasteiger partial charge is 0.286 e. The van der Waals surface area contributed by atoms with Crippen LogP contribution in [0.5, 0.6) is 0 Å². The Morgan fingerprint density at radius 2 is 2.36 bits per heavy atom. The summed E-state index contributed by atoms with van der Waals surface area (Å²) in [4.78, 5) is 12.5. The van der Waals surface area contributed by atoms with Gasteiger partial charge in [0.1, 0.15) is 10.6 Å². The maximum absolute atomic E-state index is 11.9. The highest BCUT2D eigenvalue weighted by Crippen LogP contribution is 2.14. The Labute approximate surface area is 84.5 Å². The topological polar surface area (TPSA) is 60.7 Å². The first-order valence-corrected chi connectivity index (χ1v) is 4.79. The fourth-order valence-corrected chi connectivity index (χ4v) is 1.76. The molecule has 0 atom stereocenters. The molecule has 0 bridgehead atoms. The molecule has 0 saturated carbocycles. The van der Waals surface area contributed by atoms with E-state index in [0.717, 1.165) is 11.5 Å². The van der Waals surface area contributed by atoms with Crippen molar-refractivity contribution in [3.63, 3.8) is 0 Å². The number of rotatable bonds is 2. The summed E-state index contributed by atoms with van der Waals surface area (Å²) in [7, 11) is 1.73. The molecule has 0 unspecified atom stereocenters. The molecule has 14 heavy (non-hydrogen) atoms. The van der Waals surface area contributed by atoms with Crippen LogP contribution in [0.3, 0.4) is 0 Å². The first-order chi connectivity index (χ1) is 6.70. The van der Waals surface area contributed by atoms with Gasteiger partial charge in [-0.1, -0.05) is 4.49 Å². The van der Waals surface area contributed by atoms with Crippen molar-refractivity contribution < 1.29 is 4.79 Å². The van der Waals surface area contributed by atoms with Gasteiger partial charge in [0, 0.05) is 13.2 Å². The number of nitrogens with zero attached hydrogens (tertiary/aromatic N) is 4. The standard InChI is InChI=1S/C8H8N4OS/c1-5-8(14-11-10-5)7(13)6-3-4-9-12(6)2/h3-4H,1-2H3. The normalized spacial score (nSPS) is 10.4. The van der Waals surface area contributed by atoms with E-state index in [1.807, 2.05) is 0 Å². The monoisotopic (exact) mass is 208 g/mol. The average Bonchev–Trinajstić information content (AvgIpc) is 2.73. The zero-order valence-electron chi connectivity index (χ0n) is 7.76. The van der Waals surface area contributed by atoms with Crippen LogP contribution < -0.4 is 0 Å². The highest BCUT2D eigenvalue weighted by atomic mass is 32.1. The van der Waals surface area contributed by atoms with Crippen LogP contribution in [0, 0.1) is 6.92 Å². The number of aryl methyl sites for hydroxylation is 2. The third kappa shape index (κ3) is 1.33. The summed E-state index contributed by atoms with van der Waals surface area (Å²) in [5, 5.41) is 7.73. The van der Waals surface area contributed by atoms with Crippen LogP contribution in [0.25, 0.3) is 0 Å². The van der Waals surface area contributed by atoms with Gasteiger partial charge in [-0.2, -0.15) is 5.10 Å². The third-order valence-corrected chi connectivity index (χ3v) is 2.74. The summed E-state index contributed by atoms with van der Waals surface area (Å²) >= 11 is 1.11. The Bertz CT molecular complexity index is 431. The van der Waals surface area contributed by atoms with Gasteiger partial charge in [0.05, 0.1) is 5.69 Å². The molecule has 72 valence electrons. The van der Waals surface area contributed by atoms with Crippen molar-refractivity contribution in [3.8, 4) is 0 Å². The molecule has 0 amide bonds. The van der Waals surface area contributed by atoms with Gasteiger partial charge in [0.25, 0.3) is 0 Å². The van der Waals surface area contributed by atoms with Crippen LogP contribution in [-0.4, -0.2) is 25.2 Å². The molecule has 0 spiro atoms. The van der Waals surface area contributed by atoms with Crippen LogP contribution in [0.15, 0.2) is 12.3 Å². The lowest BCUT2D eigenvalue weighted by atomic mass is 10.2. The predicted molar refractivity (Wildman–Crippen MR) is 51.3 cm³/mol. The molecule has 0 fully saturated rings. The molecule has 2 heterocycles. The Morgan fingerprint density at radius 3 is 2.86 bits per heavy atom. The van der Waals surface area contributed by atoms with Crippen molar-refractivity contribution in [3.05, 3.63) is 28.5 Å². The van der Waals surface area contributed by atoms with E-state index in [4.69, 9.17) is 0 Å². The average molecular weight is 208 g/mol. The van der Waals surface area contributed by atoms with Gasteiger partial charge in [-0.3, -0.25) is 9.48 Å². The lowest BCUT2D eigenvalue weighted by Crippen LogP contribution is -2.07. The molecule has 2 aromatic heterocycles. The number of aromatic nitrogens is 4. The van der Waals surface area contributed by atoms with Gasteiger partial charge in [-0.05, 0) is 24.5 Å². The molecule has 2 aromatic rings. The summed E-state index contributed by atoms with van der Waals surface area (Å²) in [5.74, 6) is -0.0718. The molecule has 0 aliphatic heterocycles. The van der Waals surface area contributed by atoms with Crippen molar-refractivity contribution in [2.45, 2.75) is 6.92 Å². The van der Waals surface area contributed by atoms with Crippen LogP contribution in [0.1, 0.15) is 21.1 Å². The summed E-state index contributed by atoms with van der Waals surface area (Å²) in [5.41, 5.74) is 1.22. The van der Waals surface area contributed by atoms with Crippen LogP contribution >= 0.6 is 11.5 Å². The number of carbonyl (C=O) groups excluding carboxylic acids is 1. The van der Waals surface area contributed by atoms with Gasteiger partial charge >= 0.3 is 0 Å². The summed E-state index contributed by atoms with van der Waals surface area (Å²) in [6.45, 7) is 1.77. The molecule has 0 N–H and O–H groups in total. The molecule has 5 nitrogen and oxygen atoms in total. The van der Waals surface area contributed by atoms with E-state index in [0.29, 0.717) is 16.3 Å². The molecular formula is C8H8N4OS. The van der Waals surface area contributed by atoms with Crippen LogP contribution in [-0.2, 0) is 7.05 Å². The molecular weight excluding hydrogens is 200 g/mol. The fraction of sp³-hybridized carbons (Fsp3) is 0.250. The van der Waals surface area contributed by atoms with E-state index in [2.05, 4.69) is 14.7 Å². The lowest BCUT2D eigenvalue weighted by molar-refractivity contribution is 0.103. The summed E-state index contributed by atoms with van der Waals surface area (Å²) in [6, 6.07) is 1.68. The molecule has 6 heteroatoms. The van der Waals surface area contributed by atoms with E-state index in [-0.39, 0.29) is 5.78 Å². The quantitative estimate of drug-likeness (QED) is 0.685. The molecule has 0 aromatic carbocycles. The predicted octanol–water partition coefficient (Wildman–Crippen LogP) is 0.811. The second kappa shape index (κ2) is 3.30.